The molecule has 4 heteroatoms. The van der Waals surface area contributed by atoms with Gasteiger partial charge in [-0.2, -0.15) is 4.98 Å². The van der Waals surface area contributed by atoms with E-state index in [9.17, 15) is 0 Å². The van der Waals surface area contributed by atoms with Crippen LogP contribution >= 0.6 is 0 Å². The molecule has 1 N–H and O–H groups in total. The highest BCUT2D eigenvalue weighted by atomic mass is 16.5. The molecule has 2 aromatic rings. The summed E-state index contributed by atoms with van der Waals surface area (Å²) < 4.78 is 5.35. The van der Waals surface area contributed by atoms with Gasteiger partial charge in [-0.25, -0.2) is 0 Å². The molecule has 0 aliphatic heterocycles. The summed E-state index contributed by atoms with van der Waals surface area (Å²) in [4.78, 5) is 4.48. The summed E-state index contributed by atoms with van der Waals surface area (Å²) in [6.07, 6.45) is 1.07. The minimum atomic E-state index is -0.0859. The van der Waals surface area contributed by atoms with Gasteiger partial charge in [0.1, 0.15) is 0 Å². The standard InChI is InChI=1S/C17H25N3O/c1-6-13-7-9-14(10-8-13)11-18-12(2)15-19-16(20-21-15)17(3,4)5/h7-10,12,18H,6,11H2,1-5H3. The quantitative estimate of drug-likeness (QED) is 0.909. The molecule has 1 atom stereocenters. The smallest absolute Gasteiger partial charge is 0.243 e. The SMILES string of the molecule is CCc1ccc(CNC(C)c2nc(C(C)(C)C)no2)cc1. The zero-order chi connectivity index (χ0) is 15.5. The zero-order valence-electron chi connectivity index (χ0n) is 13.6. The van der Waals surface area contributed by atoms with Gasteiger partial charge in [0.2, 0.25) is 5.89 Å². The summed E-state index contributed by atoms with van der Waals surface area (Å²) >= 11 is 0. The lowest BCUT2D eigenvalue weighted by Gasteiger charge is -2.12. The van der Waals surface area contributed by atoms with E-state index in [-0.39, 0.29) is 11.5 Å². The first-order chi connectivity index (χ1) is 9.90. The molecule has 1 aromatic carbocycles. The Kier molecular flexibility index (Phi) is 4.78. The van der Waals surface area contributed by atoms with E-state index in [2.05, 4.69) is 67.4 Å². The van der Waals surface area contributed by atoms with Crippen LogP contribution in [0.15, 0.2) is 28.8 Å². The summed E-state index contributed by atoms with van der Waals surface area (Å²) in [6.45, 7) is 11.2. The minimum Gasteiger partial charge on any atom is -0.338 e. The van der Waals surface area contributed by atoms with E-state index in [0.717, 1.165) is 18.8 Å². The van der Waals surface area contributed by atoms with Crippen LogP contribution in [0.25, 0.3) is 0 Å². The Labute approximate surface area is 127 Å². The number of nitrogens with zero attached hydrogens (tertiary/aromatic N) is 2. The maximum atomic E-state index is 5.35. The van der Waals surface area contributed by atoms with E-state index in [4.69, 9.17) is 4.52 Å². The second kappa shape index (κ2) is 6.39. The van der Waals surface area contributed by atoms with Crippen LogP contribution in [-0.2, 0) is 18.4 Å². The van der Waals surface area contributed by atoms with Crippen LogP contribution in [0.4, 0.5) is 0 Å². The van der Waals surface area contributed by atoms with Gasteiger partial charge in [-0.05, 0) is 24.5 Å². The molecule has 1 aromatic heterocycles. The van der Waals surface area contributed by atoms with Crippen molar-refractivity contribution in [3.63, 3.8) is 0 Å². The van der Waals surface area contributed by atoms with Gasteiger partial charge in [0.15, 0.2) is 5.82 Å². The Morgan fingerprint density at radius 2 is 1.76 bits per heavy atom. The first kappa shape index (κ1) is 15.7. The third kappa shape index (κ3) is 4.14. The fourth-order valence-corrected chi connectivity index (χ4v) is 1.97. The second-order valence-electron chi connectivity index (χ2n) is 6.48. The van der Waals surface area contributed by atoms with Crippen molar-refractivity contribution in [2.75, 3.05) is 0 Å². The molecule has 1 unspecified atom stereocenters. The molecule has 0 fully saturated rings. The van der Waals surface area contributed by atoms with E-state index >= 15 is 0 Å². The average molecular weight is 287 g/mol. The average Bonchev–Trinajstić information content (AvgIpc) is 2.95. The van der Waals surface area contributed by atoms with Gasteiger partial charge in [0, 0.05) is 12.0 Å². The van der Waals surface area contributed by atoms with Crippen LogP contribution in [0.2, 0.25) is 0 Å². The van der Waals surface area contributed by atoms with Crippen LogP contribution in [0.5, 0.6) is 0 Å². The Morgan fingerprint density at radius 3 is 2.29 bits per heavy atom. The van der Waals surface area contributed by atoms with Crippen molar-refractivity contribution >= 4 is 0 Å². The molecule has 0 aliphatic rings. The summed E-state index contributed by atoms with van der Waals surface area (Å²) in [5.74, 6) is 1.39. The molecule has 1 heterocycles. The number of rotatable bonds is 5. The predicted octanol–water partition coefficient (Wildman–Crippen LogP) is 3.78. The van der Waals surface area contributed by atoms with E-state index in [1.54, 1.807) is 0 Å². The third-order valence-electron chi connectivity index (χ3n) is 3.53. The lowest BCUT2D eigenvalue weighted by Crippen LogP contribution is -2.19. The maximum Gasteiger partial charge on any atom is 0.243 e. The molecule has 4 nitrogen and oxygen atoms in total. The van der Waals surface area contributed by atoms with Gasteiger partial charge < -0.3 is 9.84 Å². The van der Waals surface area contributed by atoms with Gasteiger partial charge in [-0.15, -0.1) is 0 Å². The van der Waals surface area contributed by atoms with Gasteiger partial charge in [0.25, 0.3) is 0 Å². The van der Waals surface area contributed by atoms with Crippen LogP contribution in [-0.4, -0.2) is 10.1 Å². The Morgan fingerprint density at radius 1 is 1.14 bits per heavy atom. The first-order valence-corrected chi connectivity index (χ1v) is 7.55. The molecule has 21 heavy (non-hydrogen) atoms. The highest BCUT2D eigenvalue weighted by Crippen LogP contribution is 2.20. The molecule has 2 rings (SSSR count). The molecule has 0 aliphatic carbocycles. The summed E-state index contributed by atoms with van der Waals surface area (Å²) in [5.41, 5.74) is 2.53. The predicted molar refractivity (Wildman–Crippen MR) is 84.1 cm³/mol. The zero-order valence-corrected chi connectivity index (χ0v) is 13.6. The lowest BCUT2D eigenvalue weighted by molar-refractivity contribution is 0.330. The first-order valence-electron chi connectivity index (χ1n) is 7.55. The Bertz CT molecular complexity index is 566. The fraction of sp³-hybridized carbons (Fsp3) is 0.529. The van der Waals surface area contributed by atoms with Crippen molar-refractivity contribution in [2.24, 2.45) is 0 Å². The van der Waals surface area contributed by atoms with Gasteiger partial charge >= 0.3 is 0 Å². The topological polar surface area (TPSA) is 51.0 Å². The number of nitrogens with one attached hydrogen (secondary N) is 1. The van der Waals surface area contributed by atoms with Crippen molar-refractivity contribution in [3.8, 4) is 0 Å². The molecule has 0 bridgehead atoms. The molecule has 0 radical (unpaired) electrons. The normalized spacial score (nSPS) is 13.4. The van der Waals surface area contributed by atoms with Crippen molar-refractivity contribution < 1.29 is 4.52 Å². The molecule has 0 saturated carbocycles. The van der Waals surface area contributed by atoms with Crippen molar-refractivity contribution in [1.82, 2.24) is 15.5 Å². The Hall–Kier alpha value is -1.68. The fourth-order valence-electron chi connectivity index (χ4n) is 1.97. The van der Waals surface area contributed by atoms with Crippen molar-refractivity contribution in [2.45, 2.75) is 59.0 Å². The van der Waals surface area contributed by atoms with E-state index in [1.165, 1.54) is 11.1 Å². The molecular formula is C17H25N3O. The number of hydrogen-bond donors (Lipinski definition) is 1. The monoisotopic (exact) mass is 287 g/mol. The van der Waals surface area contributed by atoms with Gasteiger partial charge in [-0.3, -0.25) is 0 Å². The van der Waals surface area contributed by atoms with Crippen LogP contribution in [0.3, 0.4) is 0 Å². The van der Waals surface area contributed by atoms with Crippen LogP contribution < -0.4 is 5.32 Å². The van der Waals surface area contributed by atoms with Crippen LogP contribution in [0.1, 0.15) is 63.5 Å². The molecular weight excluding hydrogens is 262 g/mol. The maximum absolute atomic E-state index is 5.35. The molecule has 114 valence electrons. The largest absolute Gasteiger partial charge is 0.338 e. The summed E-state index contributed by atoms with van der Waals surface area (Å²) in [6, 6.07) is 8.71. The highest BCUT2D eigenvalue weighted by Gasteiger charge is 2.22. The number of benzene rings is 1. The number of hydrogen-bond acceptors (Lipinski definition) is 4. The summed E-state index contributed by atoms with van der Waals surface area (Å²) in [7, 11) is 0. The third-order valence-corrected chi connectivity index (χ3v) is 3.53. The lowest BCUT2D eigenvalue weighted by atomic mass is 9.96. The number of aromatic nitrogens is 2. The Balaban J connectivity index is 1.94. The second-order valence-corrected chi connectivity index (χ2v) is 6.48. The van der Waals surface area contributed by atoms with Crippen LogP contribution in [0, 0.1) is 0 Å². The van der Waals surface area contributed by atoms with Crippen molar-refractivity contribution in [3.05, 3.63) is 47.1 Å². The van der Waals surface area contributed by atoms with Crippen molar-refractivity contribution in [1.29, 1.82) is 0 Å². The summed E-state index contributed by atoms with van der Waals surface area (Å²) in [5, 5.41) is 7.48. The highest BCUT2D eigenvalue weighted by molar-refractivity contribution is 5.22. The molecule has 0 amide bonds. The van der Waals surface area contributed by atoms with E-state index in [0.29, 0.717) is 5.89 Å². The molecule has 0 spiro atoms. The van der Waals surface area contributed by atoms with E-state index in [1.807, 2.05) is 6.92 Å². The van der Waals surface area contributed by atoms with Gasteiger partial charge in [0.05, 0.1) is 6.04 Å². The molecule has 0 saturated heterocycles. The minimum absolute atomic E-state index is 0.0412. The number of aryl methyl sites for hydroxylation is 1. The van der Waals surface area contributed by atoms with E-state index < -0.39 is 0 Å². The van der Waals surface area contributed by atoms with Gasteiger partial charge in [-0.1, -0.05) is 57.1 Å².